The maximum absolute atomic E-state index is 13.4. The van der Waals surface area contributed by atoms with Crippen LogP contribution in [-0.2, 0) is 9.53 Å². The Hall–Kier alpha value is -1.42. The maximum atomic E-state index is 13.4. The van der Waals surface area contributed by atoms with Crippen LogP contribution < -0.4 is 5.32 Å². The Morgan fingerprint density at radius 1 is 1.50 bits per heavy atom. The minimum Gasteiger partial charge on any atom is -0.384 e. The number of nitrogens with one attached hydrogen (secondary N) is 1. The van der Waals surface area contributed by atoms with Crippen molar-refractivity contribution in [2.45, 2.75) is 19.4 Å². The second kappa shape index (κ2) is 6.23. The van der Waals surface area contributed by atoms with E-state index in [2.05, 4.69) is 5.32 Å². The van der Waals surface area contributed by atoms with Gasteiger partial charge in [0.1, 0.15) is 5.82 Å². The van der Waals surface area contributed by atoms with Gasteiger partial charge >= 0.3 is 0 Å². The van der Waals surface area contributed by atoms with Crippen LogP contribution in [0.25, 0.3) is 0 Å². The molecule has 1 unspecified atom stereocenters. The van der Waals surface area contributed by atoms with E-state index in [0.717, 1.165) is 0 Å². The van der Waals surface area contributed by atoms with Crippen LogP contribution in [0.2, 0.25) is 0 Å². The first kappa shape index (κ1) is 12.6. The number of benzene rings is 1. The van der Waals surface area contributed by atoms with Crippen LogP contribution in [0.1, 0.15) is 24.9 Å². The third-order valence-electron chi connectivity index (χ3n) is 2.28. The number of carbonyl (C=O) groups excluding carboxylic acids is 1. The SMILES string of the molecule is COCCC(=O)NC(C)c1ccccc1F. The second-order valence-corrected chi connectivity index (χ2v) is 3.55. The number of rotatable bonds is 5. The molecule has 0 radical (unpaired) electrons. The van der Waals surface area contributed by atoms with Gasteiger partial charge in [-0.15, -0.1) is 0 Å². The molecule has 1 amide bonds. The number of hydrogen-bond donors (Lipinski definition) is 1. The van der Waals surface area contributed by atoms with Crippen molar-refractivity contribution in [3.63, 3.8) is 0 Å². The van der Waals surface area contributed by atoms with Crippen molar-refractivity contribution in [1.82, 2.24) is 5.32 Å². The summed E-state index contributed by atoms with van der Waals surface area (Å²) >= 11 is 0. The summed E-state index contributed by atoms with van der Waals surface area (Å²) in [6.07, 6.45) is 0.287. The van der Waals surface area contributed by atoms with Gasteiger partial charge in [0.05, 0.1) is 12.6 Å². The van der Waals surface area contributed by atoms with Crippen LogP contribution >= 0.6 is 0 Å². The molecule has 0 fully saturated rings. The average Bonchev–Trinajstić information content (AvgIpc) is 2.26. The molecule has 0 bridgehead atoms. The quantitative estimate of drug-likeness (QED) is 0.832. The first-order chi connectivity index (χ1) is 7.65. The summed E-state index contributed by atoms with van der Waals surface area (Å²) < 4.78 is 18.2. The lowest BCUT2D eigenvalue weighted by atomic mass is 10.1. The normalized spacial score (nSPS) is 12.2. The molecule has 0 aliphatic carbocycles. The number of hydrogen-bond acceptors (Lipinski definition) is 2. The Morgan fingerprint density at radius 2 is 2.19 bits per heavy atom. The van der Waals surface area contributed by atoms with Crippen molar-refractivity contribution >= 4 is 5.91 Å². The molecule has 0 spiro atoms. The van der Waals surface area contributed by atoms with E-state index in [0.29, 0.717) is 12.2 Å². The van der Waals surface area contributed by atoms with E-state index in [1.165, 1.54) is 13.2 Å². The van der Waals surface area contributed by atoms with E-state index < -0.39 is 0 Å². The summed E-state index contributed by atoms with van der Waals surface area (Å²) in [4.78, 5) is 11.4. The fraction of sp³-hybridized carbons (Fsp3) is 0.417. The molecule has 88 valence electrons. The molecule has 1 aromatic rings. The summed E-state index contributed by atoms with van der Waals surface area (Å²) in [5.41, 5.74) is 0.494. The van der Waals surface area contributed by atoms with Crippen LogP contribution in [0, 0.1) is 5.82 Å². The van der Waals surface area contributed by atoms with Gasteiger partial charge in [-0.1, -0.05) is 18.2 Å². The van der Waals surface area contributed by atoms with Gasteiger partial charge in [-0.25, -0.2) is 4.39 Å². The Bertz CT molecular complexity index is 355. The second-order valence-electron chi connectivity index (χ2n) is 3.55. The van der Waals surface area contributed by atoms with Gasteiger partial charge in [-0.3, -0.25) is 4.79 Å². The van der Waals surface area contributed by atoms with Gasteiger partial charge in [-0.2, -0.15) is 0 Å². The largest absolute Gasteiger partial charge is 0.384 e. The highest BCUT2D eigenvalue weighted by Crippen LogP contribution is 2.15. The van der Waals surface area contributed by atoms with Gasteiger partial charge in [0.2, 0.25) is 5.91 Å². The zero-order valence-electron chi connectivity index (χ0n) is 9.50. The van der Waals surface area contributed by atoms with Crippen LogP contribution in [0.5, 0.6) is 0 Å². The Morgan fingerprint density at radius 3 is 2.81 bits per heavy atom. The van der Waals surface area contributed by atoms with Gasteiger partial charge < -0.3 is 10.1 Å². The lowest BCUT2D eigenvalue weighted by Crippen LogP contribution is -2.27. The van der Waals surface area contributed by atoms with Crippen molar-refractivity contribution in [2.75, 3.05) is 13.7 Å². The average molecular weight is 225 g/mol. The van der Waals surface area contributed by atoms with E-state index in [1.54, 1.807) is 25.1 Å². The molecule has 1 aromatic carbocycles. The molecule has 1 rings (SSSR count). The monoisotopic (exact) mass is 225 g/mol. The Balaban J connectivity index is 2.55. The molecule has 1 atom stereocenters. The van der Waals surface area contributed by atoms with Crippen molar-refractivity contribution in [3.05, 3.63) is 35.6 Å². The van der Waals surface area contributed by atoms with Crippen molar-refractivity contribution in [1.29, 1.82) is 0 Å². The lowest BCUT2D eigenvalue weighted by Gasteiger charge is -2.14. The molecule has 1 N–H and O–H groups in total. The topological polar surface area (TPSA) is 38.3 Å². The van der Waals surface area contributed by atoms with E-state index in [9.17, 15) is 9.18 Å². The first-order valence-electron chi connectivity index (χ1n) is 5.18. The van der Waals surface area contributed by atoms with Crippen molar-refractivity contribution in [3.8, 4) is 0 Å². The molecule has 0 aromatic heterocycles. The summed E-state index contributed by atoms with van der Waals surface area (Å²) in [7, 11) is 1.54. The van der Waals surface area contributed by atoms with Gasteiger partial charge in [0.15, 0.2) is 0 Å². The number of halogens is 1. The van der Waals surface area contributed by atoms with E-state index in [1.807, 2.05) is 0 Å². The molecule has 3 nitrogen and oxygen atoms in total. The molecule has 0 saturated carbocycles. The van der Waals surface area contributed by atoms with Gasteiger partial charge in [0.25, 0.3) is 0 Å². The lowest BCUT2D eigenvalue weighted by molar-refractivity contribution is -0.122. The van der Waals surface area contributed by atoms with Crippen LogP contribution in [0.15, 0.2) is 24.3 Å². The smallest absolute Gasteiger partial charge is 0.222 e. The highest BCUT2D eigenvalue weighted by Gasteiger charge is 2.12. The van der Waals surface area contributed by atoms with Crippen LogP contribution in [-0.4, -0.2) is 19.6 Å². The predicted molar refractivity (Wildman–Crippen MR) is 59.5 cm³/mol. The van der Waals surface area contributed by atoms with Crippen LogP contribution in [0.3, 0.4) is 0 Å². The van der Waals surface area contributed by atoms with E-state index >= 15 is 0 Å². The predicted octanol–water partition coefficient (Wildman–Crippen LogP) is 2.04. The number of methoxy groups -OCH3 is 1. The molecule has 0 saturated heterocycles. The summed E-state index contributed by atoms with van der Waals surface area (Å²) in [6.45, 7) is 2.12. The van der Waals surface area contributed by atoms with Gasteiger partial charge in [0, 0.05) is 19.1 Å². The molecular weight excluding hydrogens is 209 g/mol. The minimum atomic E-state index is -0.328. The fourth-order valence-corrected chi connectivity index (χ4v) is 1.41. The molecular formula is C12H16FNO2. The molecule has 16 heavy (non-hydrogen) atoms. The van der Waals surface area contributed by atoms with Gasteiger partial charge in [-0.05, 0) is 13.0 Å². The third kappa shape index (κ3) is 3.62. The standard InChI is InChI=1S/C12H16FNO2/c1-9(14-12(15)7-8-16-2)10-5-3-4-6-11(10)13/h3-6,9H,7-8H2,1-2H3,(H,14,15). The van der Waals surface area contributed by atoms with E-state index in [-0.39, 0.29) is 24.2 Å². The summed E-state index contributed by atoms with van der Waals surface area (Å²) in [5, 5.41) is 2.71. The Labute approximate surface area is 94.6 Å². The summed E-state index contributed by atoms with van der Waals surface area (Å²) in [6, 6.07) is 6.09. The number of amides is 1. The highest BCUT2D eigenvalue weighted by molar-refractivity contribution is 5.76. The van der Waals surface area contributed by atoms with Crippen molar-refractivity contribution in [2.24, 2.45) is 0 Å². The zero-order chi connectivity index (χ0) is 12.0. The number of ether oxygens (including phenoxy) is 1. The molecule has 4 heteroatoms. The first-order valence-corrected chi connectivity index (χ1v) is 5.18. The molecule has 0 aliphatic heterocycles. The maximum Gasteiger partial charge on any atom is 0.222 e. The zero-order valence-corrected chi connectivity index (χ0v) is 9.50. The summed E-state index contributed by atoms with van der Waals surface area (Å²) in [5.74, 6) is -0.445. The molecule has 0 heterocycles. The Kier molecular flexibility index (Phi) is 4.92. The van der Waals surface area contributed by atoms with Crippen molar-refractivity contribution < 1.29 is 13.9 Å². The molecule has 0 aliphatic rings. The van der Waals surface area contributed by atoms with E-state index in [4.69, 9.17) is 4.74 Å². The fourth-order valence-electron chi connectivity index (χ4n) is 1.41. The highest BCUT2D eigenvalue weighted by atomic mass is 19.1. The van der Waals surface area contributed by atoms with Crippen LogP contribution in [0.4, 0.5) is 4.39 Å². The number of carbonyl (C=O) groups is 1. The minimum absolute atomic E-state index is 0.141. The third-order valence-corrected chi connectivity index (χ3v) is 2.28.